The number of rotatable bonds is 2. The minimum atomic E-state index is 1.26. The van der Waals surface area contributed by atoms with Crippen LogP contribution in [0.1, 0.15) is 11.1 Å². The predicted molar refractivity (Wildman–Crippen MR) is 119 cm³/mol. The van der Waals surface area contributed by atoms with E-state index in [1.54, 1.807) is 0 Å². The number of thioether (sulfide) groups is 4. The molecule has 0 amide bonds. The molecule has 0 spiro atoms. The van der Waals surface area contributed by atoms with Gasteiger partial charge < -0.3 is 0 Å². The number of benzene rings is 3. The highest BCUT2D eigenvalue weighted by atomic mass is 32.2. The average molecular weight is 407 g/mol. The van der Waals surface area contributed by atoms with Gasteiger partial charge in [-0.05, 0) is 53.6 Å². The molecule has 0 radical (unpaired) electrons. The number of hydrogen-bond donors (Lipinski definition) is 0. The van der Waals surface area contributed by atoms with Crippen LogP contribution in [0.15, 0.2) is 101 Å². The molecule has 2 aliphatic rings. The van der Waals surface area contributed by atoms with Crippen LogP contribution in [0.4, 0.5) is 0 Å². The van der Waals surface area contributed by atoms with Crippen LogP contribution in [0.2, 0.25) is 0 Å². The molecule has 0 aliphatic carbocycles. The minimum absolute atomic E-state index is 1.26. The molecule has 3 aromatic carbocycles. The van der Waals surface area contributed by atoms with Crippen molar-refractivity contribution in [1.29, 1.82) is 0 Å². The molecule has 0 nitrogen and oxygen atoms in total. The Morgan fingerprint density at radius 2 is 0.846 bits per heavy atom. The van der Waals surface area contributed by atoms with Crippen LogP contribution in [-0.4, -0.2) is 0 Å². The van der Waals surface area contributed by atoms with Crippen LogP contribution in [0, 0.1) is 0 Å². The van der Waals surface area contributed by atoms with Crippen LogP contribution in [0.5, 0.6) is 0 Å². The standard InChI is InChI=1S/C22H14S4/c1-2-9-18-17(8-1)23-21(24-18)13-15-6-5-7-16(12-15)14-22-25-19-10-3-4-11-20(19)26-22/h1-14H. The third-order valence-corrected chi connectivity index (χ3v) is 8.86. The molecule has 4 heteroatoms. The lowest BCUT2D eigenvalue weighted by atomic mass is 10.1. The third-order valence-electron chi connectivity index (χ3n) is 4.02. The maximum absolute atomic E-state index is 2.29. The number of fused-ring (bicyclic) bond motifs is 2. The van der Waals surface area contributed by atoms with Gasteiger partial charge in [0.25, 0.3) is 0 Å². The van der Waals surface area contributed by atoms with Crippen molar-refractivity contribution in [3.8, 4) is 0 Å². The van der Waals surface area contributed by atoms with E-state index in [1.807, 2.05) is 47.0 Å². The molecule has 0 fully saturated rings. The maximum atomic E-state index is 2.29. The van der Waals surface area contributed by atoms with Crippen LogP contribution < -0.4 is 0 Å². The van der Waals surface area contributed by atoms with Gasteiger partial charge in [0.2, 0.25) is 0 Å². The van der Waals surface area contributed by atoms with E-state index in [4.69, 9.17) is 0 Å². The fourth-order valence-electron chi connectivity index (χ4n) is 2.84. The summed E-state index contributed by atoms with van der Waals surface area (Å²) < 4.78 is 2.68. The van der Waals surface area contributed by atoms with Gasteiger partial charge in [-0.25, -0.2) is 0 Å². The quantitative estimate of drug-likeness (QED) is 0.421. The molecule has 2 aliphatic heterocycles. The highest BCUT2D eigenvalue weighted by Gasteiger charge is 2.17. The average Bonchev–Trinajstić information content (AvgIpc) is 3.24. The molecule has 0 saturated carbocycles. The molecule has 5 rings (SSSR count). The van der Waals surface area contributed by atoms with E-state index in [0.717, 1.165) is 0 Å². The zero-order valence-corrected chi connectivity index (χ0v) is 17.0. The molecular formula is C22H14S4. The Kier molecular flexibility index (Phi) is 4.67. The Morgan fingerprint density at radius 3 is 1.23 bits per heavy atom. The molecule has 2 heterocycles. The van der Waals surface area contributed by atoms with Gasteiger partial charge in [-0.3, -0.25) is 0 Å². The zero-order valence-electron chi connectivity index (χ0n) is 13.7. The first-order valence-electron chi connectivity index (χ1n) is 8.26. The van der Waals surface area contributed by atoms with Crippen molar-refractivity contribution in [3.63, 3.8) is 0 Å². The first kappa shape index (κ1) is 16.7. The summed E-state index contributed by atoms with van der Waals surface area (Å²) >= 11 is 7.45. The molecule has 126 valence electrons. The SMILES string of the molecule is C(=C1Sc2ccccc2S1)c1cccc(C=C2Sc3ccccc3S2)c1. The molecule has 3 aromatic rings. The molecule has 0 atom stereocenters. The minimum Gasteiger partial charge on any atom is -0.0815 e. The van der Waals surface area contributed by atoms with Gasteiger partial charge in [-0.1, -0.05) is 89.5 Å². The van der Waals surface area contributed by atoms with Crippen molar-refractivity contribution < 1.29 is 0 Å². The van der Waals surface area contributed by atoms with E-state index in [1.165, 1.54) is 39.2 Å². The van der Waals surface area contributed by atoms with Crippen LogP contribution in [0.3, 0.4) is 0 Å². The Morgan fingerprint density at radius 1 is 0.462 bits per heavy atom. The van der Waals surface area contributed by atoms with Crippen LogP contribution >= 0.6 is 47.0 Å². The maximum Gasteiger partial charge on any atom is 0.0505 e. The van der Waals surface area contributed by atoms with Gasteiger partial charge in [0.1, 0.15) is 0 Å². The first-order valence-corrected chi connectivity index (χ1v) is 11.5. The van der Waals surface area contributed by atoms with Crippen molar-refractivity contribution in [3.05, 3.63) is 92.4 Å². The molecule has 26 heavy (non-hydrogen) atoms. The zero-order chi connectivity index (χ0) is 17.3. The Balaban J connectivity index is 1.38. The molecule has 0 bridgehead atoms. The summed E-state index contributed by atoms with van der Waals surface area (Å²) in [6.07, 6.45) is 4.59. The van der Waals surface area contributed by atoms with Gasteiger partial charge in [-0.2, -0.15) is 0 Å². The second-order valence-electron chi connectivity index (χ2n) is 5.90. The van der Waals surface area contributed by atoms with E-state index < -0.39 is 0 Å². The highest BCUT2D eigenvalue weighted by Crippen LogP contribution is 2.52. The normalized spacial score (nSPS) is 14.9. The second kappa shape index (κ2) is 7.28. The van der Waals surface area contributed by atoms with E-state index in [-0.39, 0.29) is 0 Å². The highest BCUT2D eigenvalue weighted by molar-refractivity contribution is 8.25. The fourth-order valence-corrected chi connectivity index (χ4v) is 7.66. The van der Waals surface area contributed by atoms with E-state index in [9.17, 15) is 0 Å². The summed E-state index contributed by atoms with van der Waals surface area (Å²) in [6, 6.07) is 26.0. The van der Waals surface area contributed by atoms with Crippen molar-refractivity contribution in [2.45, 2.75) is 19.6 Å². The first-order chi connectivity index (χ1) is 12.8. The Hall–Kier alpha value is -1.46. The predicted octanol–water partition coefficient (Wildman–Crippen LogP) is 8.08. The van der Waals surface area contributed by atoms with Gasteiger partial charge in [0.05, 0.1) is 8.47 Å². The Bertz CT molecular complexity index is 915. The van der Waals surface area contributed by atoms with Crippen LogP contribution in [0.25, 0.3) is 12.2 Å². The van der Waals surface area contributed by atoms with Crippen molar-refractivity contribution in [1.82, 2.24) is 0 Å². The molecule has 0 N–H and O–H groups in total. The Labute approximate surface area is 170 Å². The van der Waals surface area contributed by atoms with Gasteiger partial charge >= 0.3 is 0 Å². The topological polar surface area (TPSA) is 0 Å². The summed E-state index contributed by atoms with van der Waals surface area (Å²) in [6.45, 7) is 0. The lowest BCUT2D eigenvalue weighted by molar-refractivity contribution is 1.27. The lowest BCUT2D eigenvalue weighted by Crippen LogP contribution is -1.77. The van der Waals surface area contributed by atoms with Crippen molar-refractivity contribution >= 4 is 59.2 Å². The van der Waals surface area contributed by atoms with Gasteiger partial charge in [0.15, 0.2) is 0 Å². The molecular weight excluding hydrogens is 393 g/mol. The van der Waals surface area contributed by atoms with Gasteiger partial charge in [0, 0.05) is 19.6 Å². The van der Waals surface area contributed by atoms with E-state index in [0.29, 0.717) is 0 Å². The summed E-state index contributed by atoms with van der Waals surface area (Å²) in [5, 5.41) is 0. The fraction of sp³-hybridized carbons (Fsp3) is 0. The van der Waals surface area contributed by atoms with Crippen LogP contribution in [-0.2, 0) is 0 Å². The van der Waals surface area contributed by atoms with Crippen molar-refractivity contribution in [2.75, 3.05) is 0 Å². The summed E-state index contributed by atoms with van der Waals surface area (Å²) in [4.78, 5) is 5.44. The molecule has 0 saturated heterocycles. The molecule has 0 aromatic heterocycles. The second-order valence-corrected chi connectivity index (χ2v) is 10.8. The van der Waals surface area contributed by atoms with Gasteiger partial charge in [-0.15, -0.1) is 0 Å². The largest absolute Gasteiger partial charge is 0.0815 e. The van der Waals surface area contributed by atoms with Crippen molar-refractivity contribution in [2.24, 2.45) is 0 Å². The number of hydrogen-bond acceptors (Lipinski definition) is 4. The monoisotopic (exact) mass is 406 g/mol. The van der Waals surface area contributed by atoms with E-state index in [2.05, 4.69) is 84.9 Å². The third kappa shape index (κ3) is 3.52. The summed E-state index contributed by atoms with van der Waals surface area (Å²) in [5.74, 6) is 0. The smallest absolute Gasteiger partial charge is 0.0505 e. The van der Waals surface area contributed by atoms with E-state index >= 15 is 0 Å². The lowest BCUT2D eigenvalue weighted by Gasteiger charge is -2.00. The summed E-state index contributed by atoms with van der Waals surface area (Å²) in [7, 11) is 0. The molecule has 0 unspecified atom stereocenters. The summed E-state index contributed by atoms with van der Waals surface area (Å²) in [5.41, 5.74) is 2.51.